The minimum absolute atomic E-state index is 0.230. The number of carbonyl (C=O) groups excluding carboxylic acids is 1. The monoisotopic (exact) mass is 355 g/mol. The normalized spacial score (nSPS) is 18.0. The number of halogens is 2. The van der Waals surface area contributed by atoms with Gasteiger partial charge in [-0.15, -0.1) is 0 Å². The zero-order valence-electron chi connectivity index (χ0n) is 15.0. The minimum Gasteiger partial charge on any atom is -0.379 e. The largest absolute Gasteiger partial charge is 0.379 e. The lowest BCUT2D eigenvalue weighted by atomic mass is 10.0. The molecule has 0 aliphatic carbocycles. The number of nitrogens with one attached hydrogen (secondary N) is 2. The molecule has 1 heterocycles. The van der Waals surface area contributed by atoms with E-state index in [4.69, 9.17) is 4.74 Å². The Labute approximate surface area is 147 Å². The van der Waals surface area contributed by atoms with Gasteiger partial charge in [-0.05, 0) is 30.5 Å². The van der Waals surface area contributed by atoms with Crippen LogP contribution >= 0.6 is 0 Å². The third-order valence-electron chi connectivity index (χ3n) is 4.55. The average Bonchev–Trinajstić information content (AvgIpc) is 2.58. The SMILES string of the molecule is CC(NC(=O)NCC(C(C)C)N1CCOCC1)c1ccc(F)c(F)c1. The number of benzene rings is 1. The van der Waals surface area contributed by atoms with Crippen molar-refractivity contribution in [2.75, 3.05) is 32.8 Å². The summed E-state index contributed by atoms with van der Waals surface area (Å²) in [6, 6.07) is 3.12. The van der Waals surface area contributed by atoms with Crippen LogP contribution in [0.5, 0.6) is 0 Å². The molecule has 1 aliphatic rings. The van der Waals surface area contributed by atoms with Gasteiger partial charge in [0.05, 0.1) is 19.3 Å². The number of hydrogen-bond donors (Lipinski definition) is 2. The fourth-order valence-electron chi connectivity index (χ4n) is 3.01. The van der Waals surface area contributed by atoms with Crippen LogP contribution in [-0.4, -0.2) is 49.8 Å². The van der Waals surface area contributed by atoms with Gasteiger partial charge in [-0.1, -0.05) is 19.9 Å². The Morgan fingerprint density at radius 2 is 1.88 bits per heavy atom. The second-order valence-electron chi connectivity index (χ2n) is 6.71. The molecule has 2 N–H and O–H groups in total. The molecule has 2 unspecified atom stereocenters. The van der Waals surface area contributed by atoms with Crippen LogP contribution in [0.25, 0.3) is 0 Å². The summed E-state index contributed by atoms with van der Waals surface area (Å²) >= 11 is 0. The van der Waals surface area contributed by atoms with Gasteiger partial charge in [0, 0.05) is 25.7 Å². The first-order chi connectivity index (χ1) is 11.9. The van der Waals surface area contributed by atoms with E-state index < -0.39 is 17.7 Å². The molecule has 1 fully saturated rings. The molecule has 1 aromatic carbocycles. The smallest absolute Gasteiger partial charge is 0.315 e. The van der Waals surface area contributed by atoms with Crippen molar-refractivity contribution in [3.63, 3.8) is 0 Å². The Morgan fingerprint density at radius 3 is 2.48 bits per heavy atom. The van der Waals surface area contributed by atoms with Crippen LogP contribution in [-0.2, 0) is 4.74 Å². The van der Waals surface area contributed by atoms with Crippen LogP contribution in [0, 0.1) is 17.6 Å². The summed E-state index contributed by atoms with van der Waals surface area (Å²) in [5.41, 5.74) is 0.516. The summed E-state index contributed by atoms with van der Waals surface area (Å²) in [7, 11) is 0. The first-order valence-corrected chi connectivity index (χ1v) is 8.69. The molecule has 2 atom stereocenters. The summed E-state index contributed by atoms with van der Waals surface area (Å²) in [5, 5.41) is 5.65. The molecule has 5 nitrogen and oxygen atoms in total. The van der Waals surface area contributed by atoms with E-state index in [-0.39, 0.29) is 12.1 Å². The lowest BCUT2D eigenvalue weighted by Gasteiger charge is -2.37. The standard InChI is InChI=1S/C18H27F2N3O2/c1-12(2)17(23-6-8-25-9-7-23)11-21-18(24)22-13(3)14-4-5-15(19)16(20)10-14/h4-5,10,12-13,17H,6-9,11H2,1-3H3,(H2,21,22,24). The Bertz CT molecular complexity index is 577. The van der Waals surface area contributed by atoms with E-state index >= 15 is 0 Å². The topological polar surface area (TPSA) is 53.6 Å². The molecule has 1 aliphatic heterocycles. The fourth-order valence-corrected chi connectivity index (χ4v) is 3.01. The van der Waals surface area contributed by atoms with Crippen molar-refractivity contribution in [2.24, 2.45) is 5.92 Å². The highest BCUT2D eigenvalue weighted by molar-refractivity contribution is 5.74. The van der Waals surface area contributed by atoms with Crippen LogP contribution in [0.1, 0.15) is 32.4 Å². The zero-order valence-corrected chi connectivity index (χ0v) is 15.0. The highest BCUT2D eigenvalue weighted by Crippen LogP contribution is 2.16. The molecule has 2 rings (SSSR count). The summed E-state index contributed by atoms with van der Waals surface area (Å²) < 4.78 is 31.7. The Hall–Kier alpha value is -1.73. The molecular weight excluding hydrogens is 328 g/mol. The van der Waals surface area contributed by atoms with Crippen molar-refractivity contribution >= 4 is 6.03 Å². The molecule has 7 heteroatoms. The first kappa shape index (κ1) is 19.6. The molecule has 25 heavy (non-hydrogen) atoms. The number of ether oxygens (including phenoxy) is 1. The number of urea groups is 1. The molecule has 1 aromatic rings. The number of hydrogen-bond acceptors (Lipinski definition) is 3. The molecule has 140 valence electrons. The summed E-state index contributed by atoms with van der Waals surface area (Å²) in [6.45, 7) is 9.65. The first-order valence-electron chi connectivity index (χ1n) is 8.69. The molecule has 0 saturated carbocycles. The lowest BCUT2D eigenvalue weighted by Crippen LogP contribution is -2.52. The maximum absolute atomic E-state index is 13.3. The third kappa shape index (κ3) is 5.64. The number of rotatable bonds is 6. The van der Waals surface area contributed by atoms with Crippen molar-refractivity contribution in [1.29, 1.82) is 0 Å². The van der Waals surface area contributed by atoms with Gasteiger partial charge in [0.2, 0.25) is 0 Å². The van der Waals surface area contributed by atoms with E-state index in [0.29, 0.717) is 31.2 Å². The number of carbonyl (C=O) groups is 1. The average molecular weight is 355 g/mol. The van der Waals surface area contributed by atoms with Crippen LogP contribution in [0.15, 0.2) is 18.2 Å². The van der Waals surface area contributed by atoms with Gasteiger partial charge in [0.1, 0.15) is 0 Å². The predicted octanol–water partition coefficient (Wildman–Crippen LogP) is 2.68. The number of morpholine rings is 1. The molecule has 0 bridgehead atoms. The molecule has 0 spiro atoms. The van der Waals surface area contributed by atoms with Crippen molar-refractivity contribution < 1.29 is 18.3 Å². The van der Waals surface area contributed by atoms with Gasteiger partial charge >= 0.3 is 6.03 Å². The fraction of sp³-hybridized carbons (Fsp3) is 0.611. The molecular formula is C18H27F2N3O2. The number of amides is 2. The predicted molar refractivity (Wildman–Crippen MR) is 92.3 cm³/mol. The summed E-state index contributed by atoms with van der Waals surface area (Å²) in [6.07, 6.45) is 0. The van der Waals surface area contributed by atoms with Crippen LogP contribution in [0.4, 0.5) is 13.6 Å². The van der Waals surface area contributed by atoms with E-state index in [0.717, 1.165) is 25.2 Å². The van der Waals surface area contributed by atoms with Gasteiger partial charge < -0.3 is 15.4 Å². The van der Waals surface area contributed by atoms with Gasteiger partial charge in [0.15, 0.2) is 11.6 Å². The molecule has 0 radical (unpaired) electrons. The highest BCUT2D eigenvalue weighted by atomic mass is 19.2. The van der Waals surface area contributed by atoms with Crippen molar-refractivity contribution in [2.45, 2.75) is 32.9 Å². The summed E-state index contributed by atoms with van der Waals surface area (Å²) in [4.78, 5) is 14.5. The van der Waals surface area contributed by atoms with E-state index in [2.05, 4.69) is 29.4 Å². The van der Waals surface area contributed by atoms with Gasteiger partial charge in [0.25, 0.3) is 0 Å². The van der Waals surface area contributed by atoms with Crippen molar-refractivity contribution in [1.82, 2.24) is 15.5 Å². The number of nitrogens with zero attached hydrogens (tertiary/aromatic N) is 1. The minimum atomic E-state index is -0.918. The van der Waals surface area contributed by atoms with Crippen LogP contribution in [0.3, 0.4) is 0 Å². The van der Waals surface area contributed by atoms with Crippen LogP contribution in [0.2, 0.25) is 0 Å². The molecule has 0 aromatic heterocycles. The van der Waals surface area contributed by atoms with E-state index in [1.165, 1.54) is 6.07 Å². The van der Waals surface area contributed by atoms with E-state index in [1.807, 2.05) is 0 Å². The van der Waals surface area contributed by atoms with E-state index in [1.54, 1.807) is 6.92 Å². The molecule has 2 amide bonds. The quantitative estimate of drug-likeness (QED) is 0.825. The Morgan fingerprint density at radius 1 is 1.20 bits per heavy atom. The summed E-state index contributed by atoms with van der Waals surface area (Å²) in [5.74, 6) is -1.42. The van der Waals surface area contributed by atoms with Gasteiger partial charge in [-0.2, -0.15) is 0 Å². The second kappa shape index (κ2) is 9.10. The van der Waals surface area contributed by atoms with Crippen molar-refractivity contribution in [3.8, 4) is 0 Å². The highest BCUT2D eigenvalue weighted by Gasteiger charge is 2.24. The van der Waals surface area contributed by atoms with Crippen LogP contribution < -0.4 is 10.6 Å². The third-order valence-corrected chi connectivity index (χ3v) is 4.55. The maximum atomic E-state index is 13.3. The second-order valence-corrected chi connectivity index (χ2v) is 6.71. The Balaban J connectivity index is 1.86. The van der Waals surface area contributed by atoms with E-state index in [9.17, 15) is 13.6 Å². The van der Waals surface area contributed by atoms with Gasteiger partial charge in [-0.3, -0.25) is 4.90 Å². The van der Waals surface area contributed by atoms with Crippen molar-refractivity contribution in [3.05, 3.63) is 35.4 Å². The van der Waals surface area contributed by atoms with Gasteiger partial charge in [-0.25, -0.2) is 13.6 Å². The maximum Gasteiger partial charge on any atom is 0.315 e. The zero-order chi connectivity index (χ0) is 18.4. The molecule has 1 saturated heterocycles. The lowest BCUT2D eigenvalue weighted by molar-refractivity contribution is 0.00718. The Kier molecular flexibility index (Phi) is 7.13.